The second-order valence-electron chi connectivity index (χ2n) is 7.38. The average molecular weight is 383 g/mol. The van der Waals surface area contributed by atoms with Crippen LogP contribution < -0.4 is 14.8 Å². The molecule has 0 spiro atoms. The lowest BCUT2D eigenvalue weighted by molar-refractivity contribution is -0.120. The second-order valence-corrected chi connectivity index (χ2v) is 7.38. The Balaban J connectivity index is 1.40. The predicted octanol–water partition coefficient (Wildman–Crippen LogP) is 3.27. The van der Waals surface area contributed by atoms with Crippen molar-refractivity contribution >= 4 is 5.91 Å². The molecule has 1 aliphatic rings. The minimum Gasteiger partial charge on any atom is -0.493 e. The van der Waals surface area contributed by atoms with Crippen LogP contribution in [0.4, 0.5) is 0 Å². The van der Waals surface area contributed by atoms with Crippen molar-refractivity contribution in [3.05, 3.63) is 59.7 Å². The molecule has 150 valence electrons. The normalized spacial score (nSPS) is 15.2. The van der Waals surface area contributed by atoms with Crippen LogP contribution in [0, 0.1) is 5.92 Å². The molecule has 3 rings (SSSR count). The fraction of sp³-hybridized carbons (Fsp3) is 0.435. The Morgan fingerprint density at radius 1 is 1.00 bits per heavy atom. The summed E-state index contributed by atoms with van der Waals surface area (Å²) in [6.07, 6.45) is 2.61. The lowest BCUT2D eigenvalue weighted by Gasteiger charge is -2.32. The SMILES string of the molecule is COc1ccc(CC(=O)NCC2CCN(Cc3ccccc3)CC2)cc1OC. The van der Waals surface area contributed by atoms with E-state index in [1.807, 2.05) is 18.2 Å². The molecule has 0 atom stereocenters. The summed E-state index contributed by atoms with van der Waals surface area (Å²) in [6.45, 7) is 3.95. The molecule has 0 saturated carbocycles. The lowest BCUT2D eigenvalue weighted by atomic mass is 9.96. The number of hydrogen-bond donors (Lipinski definition) is 1. The zero-order valence-corrected chi connectivity index (χ0v) is 16.8. The van der Waals surface area contributed by atoms with Crippen LogP contribution in [0.3, 0.4) is 0 Å². The van der Waals surface area contributed by atoms with Gasteiger partial charge in [0.25, 0.3) is 0 Å². The van der Waals surface area contributed by atoms with E-state index in [1.54, 1.807) is 14.2 Å². The number of hydrogen-bond acceptors (Lipinski definition) is 4. The van der Waals surface area contributed by atoms with E-state index in [9.17, 15) is 4.79 Å². The van der Waals surface area contributed by atoms with Gasteiger partial charge in [0.1, 0.15) is 0 Å². The minimum absolute atomic E-state index is 0.0546. The highest BCUT2D eigenvalue weighted by Gasteiger charge is 2.20. The third-order valence-corrected chi connectivity index (χ3v) is 5.36. The van der Waals surface area contributed by atoms with Crippen LogP contribution in [0.5, 0.6) is 11.5 Å². The monoisotopic (exact) mass is 382 g/mol. The Labute approximate surface area is 167 Å². The summed E-state index contributed by atoms with van der Waals surface area (Å²) in [6, 6.07) is 16.2. The van der Waals surface area contributed by atoms with Crippen LogP contribution in [-0.4, -0.2) is 44.7 Å². The number of nitrogens with one attached hydrogen (secondary N) is 1. The molecule has 1 heterocycles. The molecule has 2 aromatic carbocycles. The zero-order valence-electron chi connectivity index (χ0n) is 16.8. The van der Waals surface area contributed by atoms with Gasteiger partial charge < -0.3 is 14.8 Å². The third-order valence-electron chi connectivity index (χ3n) is 5.36. The van der Waals surface area contributed by atoms with Crippen molar-refractivity contribution in [2.45, 2.75) is 25.8 Å². The molecule has 0 aromatic heterocycles. The molecule has 0 unspecified atom stereocenters. The van der Waals surface area contributed by atoms with Crippen molar-refractivity contribution in [3.8, 4) is 11.5 Å². The molecular formula is C23H30N2O3. The number of nitrogens with zero attached hydrogens (tertiary/aromatic N) is 1. The van der Waals surface area contributed by atoms with E-state index < -0.39 is 0 Å². The van der Waals surface area contributed by atoms with E-state index in [-0.39, 0.29) is 5.91 Å². The quantitative estimate of drug-likeness (QED) is 0.761. The Hall–Kier alpha value is -2.53. The van der Waals surface area contributed by atoms with Gasteiger partial charge in [-0.2, -0.15) is 0 Å². The molecule has 0 bridgehead atoms. The minimum atomic E-state index is 0.0546. The second kappa shape index (κ2) is 10.1. The van der Waals surface area contributed by atoms with Crippen LogP contribution in [0.15, 0.2) is 48.5 Å². The van der Waals surface area contributed by atoms with Crippen molar-refractivity contribution in [2.24, 2.45) is 5.92 Å². The van der Waals surface area contributed by atoms with Crippen molar-refractivity contribution in [1.29, 1.82) is 0 Å². The van der Waals surface area contributed by atoms with E-state index in [0.717, 1.165) is 44.6 Å². The number of ether oxygens (including phenoxy) is 2. The molecule has 1 N–H and O–H groups in total. The Morgan fingerprint density at radius 3 is 2.39 bits per heavy atom. The Bertz CT molecular complexity index is 756. The molecule has 1 aliphatic heterocycles. The van der Waals surface area contributed by atoms with Gasteiger partial charge in [0.05, 0.1) is 20.6 Å². The predicted molar refractivity (Wildman–Crippen MR) is 111 cm³/mol. The molecule has 0 aliphatic carbocycles. The third kappa shape index (κ3) is 5.73. The smallest absolute Gasteiger partial charge is 0.224 e. The van der Waals surface area contributed by atoms with Crippen molar-refractivity contribution in [2.75, 3.05) is 33.9 Å². The number of likely N-dealkylation sites (tertiary alicyclic amines) is 1. The maximum atomic E-state index is 12.3. The lowest BCUT2D eigenvalue weighted by Crippen LogP contribution is -2.38. The molecule has 5 nitrogen and oxygen atoms in total. The maximum absolute atomic E-state index is 12.3. The molecule has 1 saturated heterocycles. The van der Waals surface area contributed by atoms with Gasteiger partial charge in [0, 0.05) is 13.1 Å². The molecule has 5 heteroatoms. The summed E-state index contributed by atoms with van der Waals surface area (Å²) in [4.78, 5) is 14.8. The molecule has 1 fully saturated rings. The highest BCUT2D eigenvalue weighted by atomic mass is 16.5. The van der Waals surface area contributed by atoms with Crippen molar-refractivity contribution in [3.63, 3.8) is 0 Å². The fourth-order valence-corrected chi connectivity index (χ4v) is 3.69. The van der Waals surface area contributed by atoms with Crippen LogP contribution in [-0.2, 0) is 17.8 Å². The zero-order chi connectivity index (χ0) is 19.8. The van der Waals surface area contributed by atoms with E-state index in [1.165, 1.54) is 5.56 Å². The molecular weight excluding hydrogens is 352 g/mol. The average Bonchev–Trinajstić information content (AvgIpc) is 2.74. The van der Waals surface area contributed by atoms with E-state index in [2.05, 4.69) is 40.5 Å². The fourth-order valence-electron chi connectivity index (χ4n) is 3.69. The standard InChI is InChI=1S/C23H30N2O3/c1-27-21-9-8-20(14-22(21)28-2)15-23(26)24-16-18-10-12-25(13-11-18)17-19-6-4-3-5-7-19/h3-9,14,18H,10-13,15-17H2,1-2H3,(H,24,26). The Morgan fingerprint density at radius 2 is 1.71 bits per heavy atom. The number of methoxy groups -OCH3 is 2. The van der Waals surface area contributed by atoms with Gasteiger partial charge in [-0.3, -0.25) is 9.69 Å². The van der Waals surface area contributed by atoms with Crippen molar-refractivity contribution in [1.82, 2.24) is 10.2 Å². The molecule has 2 aromatic rings. The van der Waals surface area contributed by atoms with E-state index >= 15 is 0 Å². The van der Waals surface area contributed by atoms with Crippen LogP contribution in [0.2, 0.25) is 0 Å². The van der Waals surface area contributed by atoms with Gasteiger partial charge >= 0.3 is 0 Å². The van der Waals surface area contributed by atoms with Crippen LogP contribution in [0.1, 0.15) is 24.0 Å². The highest BCUT2D eigenvalue weighted by Crippen LogP contribution is 2.27. The number of carbonyl (C=O) groups excluding carboxylic acids is 1. The number of benzene rings is 2. The molecule has 0 radical (unpaired) electrons. The first kappa shape index (κ1) is 20.2. The summed E-state index contributed by atoms with van der Waals surface area (Å²) in [7, 11) is 3.21. The number of amides is 1. The first-order valence-corrected chi connectivity index (χ1v) is 9.92. The maximum Gasteiger partial charge on any atom is 0.224 e. The molecule has 1 amide bonds. The van der Waals surface area contributed by atoms with Gasteiger partial charge in [-0.05, 0) is 55.1 Å². The number of rotatable bonds is 8. The van der Waals surface area contributed by atoms with Crippen LogP contribution in [0.25, 0.3) is 0 Å². The highest BCUT2D eigenvalue weighted by molar-refractivity contribution is 5.78. The topological polar surface area (TPSA) is 50.8 Å². The number of piperidine rings is 1. The van der Waals surface area contributed by atoms with E-state index in [0.29, 0.717) is 23.8 Å². The van der Waals surface area contributed by atoms with Gasteiger partial charge in [0.15, 0.2) is 11.5 Å². The van der Waals surface area contributed by atoms with Crippen LogP contribution >= 0.6 is 0 Å². The largest absolute Gasteiger partial charge is 0.493 e. The van der Waals surface area contributed by atoms with Gasteiger partial charge in [-0.1, -0.05) is 36.4 Å². The summed E-state index contributed by atoms with van der Waals surface area (Å²) in [5.74, 6) is 1.94. The first-order chi connectivity index (χ1) is 13.7. The summed E-state index contributed by atoms with van der Waals surface area (Å²) in [5.41, 5.74) is 2.29. The summed E-state index contributed by atoms with van der Waals surface area (Å²) < 4.78 is 10.5. The Kier molecular flexibility index (Phi) is 7.31. The van der Waals surface area contributed by atoms with Gasteiger partial charge in [0.2, 0.25) is 5.91 Å². The number of carbonyl (C=O) groups is 1. The van der Waals surface area contributed by atoms with Gasteiger partial charge in [-0.25, -0.2) is 0 Å². The van der Waals surface area contributed by atoms with Gasteiger partial charge in [-0.15, -0.1) is 0 Å². The van der Waals surface area contributed by atoms with Crippen molar-refractivity contribution < 1.29 is 14.3 Å². The first-order valence-electron chi connectivity index (χ1n) is 9.92. The summed E-state index contributed by atoms with van der Waals surface area (Å²) in [5, 5.41) is 3.10. The van der Waals surface area contributed by atoms with E-state index in [4.69, 9.17) is 9.47 Å². The summed E-state index contributed by atoms with van der Waals surface area (Å²) >= 11 is 0. The molecule has 28 heavy (non-hydrogen) atoms.